The molecule has 0 saturated carbocycles. The summed E-state index contributed by atoms with van der Waals surface area (Å²) in [6.07, 6.45) is 4.93. The van der Waals surface area contributed by atoms with E-state index in [1.165, 1.54) is 41.1 Å². The quantitative estimate of drug-likeness (QED) is 0.0792. The number of carbonyl (C=O) groups is 1. The molecule has 8 rings (SSSR count). The molecule has 16 heteroatoms. The number of hydrogen-bond acceptors (Lipinski definition) is 12. The number of ether oxygens (including phenoxy) is 2. The van der Waals surface area contributed by atoms with Crippen LogP contribution in [-0.4, -0.2) is 80.1 Å². The third-order valence-electron chi connectivity index (χ3n) is 10.4. The van der Waals surface area contributed by atoms with E-state index in [2.05, 4.69) is 70.9 Å². The summed E-state index contributed by atoms with van der Waals surface area (Å²) in [5.41, 5.74) is 4.94. The van der Waals surface area contributed by atoms with Gasteiger partial charge in [-0.15, -0.1) is 0 Å². The van der Waals surface area contributed by atoms with Crippen molar-refractivity contribution in [3.63, 3.8) is 0 Å². The maximum absolute atomic E-state index is 13.8. The van der Waals surface area contributed by atoms with Gasteiger partial charge in [-0.3, -0.25) is 19.8 Å². The molecule has 3 N–H and O–H groups in total. The smallest absolute Gasteiger partial charge is 0.293 e. The van der Waals surface area contributed by atoms with Crippen LogP contribution in [0.1, 0.15) is 28.8 Å². The highest BCUT2D eigenvalue weighted by Gasteiger charge is 2.27. The number of nitrogens with zero attached hydrogens (tertiary/aromatic N) is 4. The number of rotatable bonds is 13. The minimum Gasteiger partial charge on any atom is -0.455 e. The van der Waals surface area contributed by atoms with Crippen LogP contribution in [0.3, 0.4) is 0 Å². The van der Waals surface area contributed by atoms with Crippen LogP contribution in [0, 0.1) is 16.0 Å². The predicted octanol–water partition coefficient (Wildman–Crippen LogP) is 7.27. The lowest BCUT2D eigenvalue weighted by Crippen LogP contribution is -2.46. The normalized spacial score (nSPS) is 15.4. The summed E-state index contributed by atoms with van der Waals surface area (Å²) in [7, 11) is -4.54. The molecule has 2 aliphatic heterocycles. The fourth-order valence-electron chi connectivity index (χ4n) is 7.26. The van der Waals surface area contributed by atoms with Gasteiger partial charge >= 0.3 is 0 Å². The molecule has 6 aromatic rings. The Morgan fingerprint density at radius 3 is 2.63 bits per heavy atom. The molecule has 294 valence electrons. The lowest BCUT2D eigenvalue weighted by molar-refractivity contribution is -0.384. The van der Waals surface area contributed by atoms with Gasteiger partial charge in [-0.25, -0.2) is 18.1 Å². The highest BCUT2D eigenvalue weighted by atomic mass is 32.2. The van der Waals surface area contributed by atoms with Gasteiger partial charge in [0.1, 0.15) is 22.8 Å². The van der Waals surface area contributed by atoms with E-state index >= 15 is 0 Å². The Morgan fingerprint density at radius 2 is 1.84 bits per heavy atom. The average molecular weight is 808 g/mol. The Balaban J connectivity index is 1.01. The van der Waals surface area contributed by atoms with E-state index in [4.69, 9.17) is 9.47 Å². The van der Waals surface area contributed by atoms with Crippen molar-refractivity contribution in [1.82, 2.24) is 19.6 Å². The van der Waals surface area contributed by atoms with Gasteiger partial charge in [-0.1, -0.05) is 24.3 Å². The molecule has 3 aromatic carbocycles. The van der Waals surface area contributed by atoms with Crippen LogP contribution in [0.25, 0.3) is 22.2 Å². The van der Waals surface area contributed by atoms with Crippen LogP contribution < -0.4 is 19.7 Å². The number of thiophene rings is 1. The molecule has 0 radical (unpaired) electrons. The fraction of sp³-hybridized carbons (Fsp3) is 0.268. The Bertz CT molecular complexity index is 2490. The van der Waals surface area contributed by atoms with E-state index in [0.29, 0.717) is 31.2 Å². The van der Waals surface area contributed by atoms with Gasteiger partial charge < -0.3 is 24.7 Å². The number of nitro benzene ring substituents is 1. The summed E-state index contributed by atoms with van der Waals surface area (Å²) in [5, 5.41) is 20.2. The maximum Gasteiger partial charge on any atom is 0.293 e. The summed E-state index contributed by atoms with van der Waals surface area (Å²) >= 11 is 1.68. The van der Waals surface area contributed by atoms with Gasteiger partial charge in [0.25, 0.3) is 21.6 Å². The van der Waals surface area contributed by atoms with E-state index in [-0.39, 0.29) is 22.9 Å². The zero-order valence-electron chi connectivity index (χ0n) is 30.9. The number of anilines is 2. The average Bonchev–Trinajstić information content (AvgIpc) is 3.94. The van der Waals surface area contributed by atoms with E-state index < -0.39 is 31.4 Å². The van der Waals surface area contributed by atoms with Crippen molar-refractivity contribution in [3.8, 4) is 22.6 Å². The summed E-state index contributed by atoms with van der Waals surface area (Å²) in [5.74, 6) is -0.197. The maximum atomic E-state index is 13.8. The minimum atomic E-state index is -4.54. The second-order valence-corrected chi connectivity index (χ2v) is 16.6. The summed E-state index contributed by atoms with van der Waals surface area (Å²) < 4.78 is 41.0. The van der Waals surface area contributed by atoms with Gasteiger partial charge in [0, 0.05) is 81.9 Å². The van der Waals surface area contributed by atoms with Crippen LogP contribution in [0.15, 0.2) is 107 Å². The summed E-state index contributed by atoms with van der Waals surface area (Å²) in [4.78, 5) is 36.9. The fourth-order valence-corrected chi connectivity index (χ4v) is 8.91. The number of H-pyrrole nitrogens is 1. The molecule has 3 aromatic heterocycles. The predicted molar refractivity (Wildman–Crippen MR) is 220 cm³/mol. The lowest BCUT2D eigenvalue weighted by atomic mass is 10.0. The van der Waals surface area contributed by atoms with Crippen LogP contribution in [0.2, 0.25) is 0 Å². The number of piperazine rings is 1. The number of hydrogen-bond donors (Lipinski definition) is 3. The first-order chi connectivity index (χ1) is 27.7. The Hall–Kier alpha value is -5.81. The molecule has 0 bridgehead atoms. The monoisotopic (exact) mass is 807 g/mol. The number of nitrogens with one attached hydrogen (secondary N) is 3. The topological polar surface area (TPSA) is 172 Å². The molecular weight excluding hydrogens is 767 g/mol. The third kappa shape index (κ3) is 8.78. The number of sulfonamides is 1. The van der Waals surface area contributed by atoms with Crippen LogP contribution in [-0.2, 0) is 21.3 Å². The van der Waals surface area contributed by atoms with Crippen LogP contribution in [0.5, 0.6) is 11.5 Å². The van der Waals surface area contributed by atoms with Crippen molar-refractivity contribution >= 4 is 55.4 Å². The molecule has 2 saturated heterocycles. The van der Waals surface area contributed by atoms with E-state index in [1.54, 1.807) is 35.7 Å². The Kier molecular flexibility index (Phi) is 11.2. The zero-order valence-corrected chi connectivity index (χ0v) is 32.6. The second kappa shape index (κ2) is 16.7. The van der Waals surface area contributed by atoms with Crippen molar-refractivity contribution in [2.75, 3.05) is 56.2 Å². The van der Waals surface area contributed by atoms with Gasteiger partial charge in [0.15, 0.2) is 0 Å². The molecule has 0 aliphatic carbocycles. The van der Waals surface area contributed by atoms with Crippen LogP contribution >= 0.6 is 11.3 Å². The molecule has 0 atom stereocenters. The SMILES string of the molecule is O=C(NS(=O)(=O)c1ccc(NCC2CCOCC2)c([N+](=O)[O-])c1)c1ccc(N2CCN(Cc3ccccc3-c3ccsc3)CC2)cc1Oc1cnc2[nH]ccc2c1. The number of amides is 1. The number of aromatic nitrogens is 2. The standard InChI is InChI=1S/C41H41N7O7S2/c49-41(45-57(52,53)34-6-8-37(38(23-34)48(50)51)43-24-28-10-18-54-19-11-28)36-7-5-32(22-39(36)55-33-21-29-9-13-42-40(29)44-25-33)47-16-14-46(15-17-47)26-30-3-1-2-4-35(30)31-12-20-56-27-31/h1-9,12-13,20-23,25,27-28,43H,10-11,14-19,24,26H2,(H,42,44)(H,45,49). The molecule has 2 aliphatic rings. The second-order valence-electron chi connectivity index (χ2n) is 14.1. The molecule has 2 fully saturated rings. The Morgan fingerprint density at radius 1 is 1.02 bits per heavy atom. The van der Waals surface area contributed by atoms with E-state index in [0.717, 1.165) is 62.7 Å². The van der Waals surface area contributed by atoms with Crippen molar-refractivity contribution in [1.29, 1.82) is 0 Å². The number of nitro groups is 1. The summed E-state index contributed by atoms with van der Waals surface area (Å²) in [6, 6.07) is 22.8. The van der Waals surface area contributed by atoms with Gasteiger partial charge in [-0.05, 0) is 88.7 Å². The number of carbonyl (C=O) groups excluding carboxylic acids is 1. The largest absolute Gasteiger partial charge is 0.455 e. The van der Waals surface area contributed by atoms with Gasteiger partial charge in [0.05, 0.1) is 21.6 Å². The van der Waals surface area contributed by atoms with E-state index in [9.17, 15) is 23.3 Å². The van der Waals surface area contributed by atoms with Crippen molar-refractivity contribution in [3.05, 3.63) is 123 Å². The molecule has 0 spiro atoms. The first-order valence-electron chi connectivity index (χ1n) is 18.7. The first kappa shape index (κ1) is 38.1. The summed E-state index contributed by atoms with van der Waals surface area (Å²) in [6.45, 7) is 5.60. The highest BCUT2D eigenvalue weighted by molar-refractivity contribution is 7.90. The first-order valence-corrected chi connectivity index (χ1v) is 21.1. The van der Waals surface area contributed by atoms with Crippen molar-refractivity contribution < 1.29 is 27.6 Å². The van der Waals surface area contributed by atoms with Crippen molar-refractivity contribution in [2.24, 2.45) is 5.92 Å². The van der Waals surface area contributed by atoms with Gasteiger partial charge in [-0.2, -0.15) is 11.3 Å². The molecule has 57 heavy (non-hydrogen) atoms. The highest BCUT2D eigenvalue weighted by Crippen LogP contribution is 2.34. The molecular formula is C41H41N7O7S2. The number of fused-ring (bicyclic) bond motifs is 1. The number of benzene rings is 3. The number of aromatic amines is 1. The minimum absolute atomic E-state index is 0.0376. The third-order valence-corrected chi connectivity index (χ3v) is 12.4. The van der Waals surface area contributed by atoms with Gasteiger partial charge in [0.2, 0.25) is 0 Å². The lowest BCUT2D eigenvalue weighted by Gasteiger charge is -2.36. The number of pyridine rings is 1. The zero-order chi connectivity index (χ0) is 39.4. The molecule has 5 heterocycles. The van der Waals surface area contributed by atoms with Crippen molar-refractivity contribution in [2.45, 2.75) is 24.3 Å². The van der Waals surface area contributed by atoms with Crippen LogP contribution in [0.4, 0.5) is 17.1 Å². The molecule has 1 amide bonds. The Labute approximate surface area is 333 Å². The van der Waals surface area contributed by atoms with E-state index in [1.807, 2.05) is 6.07 Å². The molecule has 14 nitrogen and oxygen atoms in total. The molecule has 0 unspecified atom stereocenters.